The lowest BCUT2D eigenvalue weighted by atomic mass is 10.0. The van der Waals surface area contributed by atoms with Crippen molar-refractivity contribution in [2.75, 3.05) is 13.2 Å². The van der Waals surface area contributed by atoms with Crippen molar-refractivity contribution in [3.05, 3.63) is 30.3 Å². The third kappa shape index (κ3) is 1.77. The molecule has 0 radical (unpaired) electrons. The maximum absolute atomic E-state index is 5.68. The zero-order valence-electron chi connectivity index (χ0n) is 9.30. The molecule has 16 heavy (non-hydrogen) atoms. The molecular formula is C13H16N2O. The number of amidine groups is 1. The number of hydrogen-bond donors (Lipinski definition) is 0. The van der Waals surface area contributed by atoms with Gasteiger partial charge in [0.1, 0.15) is 6.61 Å². The molecule has 1 unspecified atom stereocenters. The molecular weight excluding hydrogens is 200 g/mol. The summed E-state index contributed by atoms with van der Waals surface area (Å²) in [5.41, 5.74) is 0.976. The molecule has 2 aliphatic rings. The van der Waals surface area contributed by atoms with Crippen LogP contribution in [-0.2, 0) is 4.74 Å². The van der Waals surface area contributed by atoms with E-state index in [0.29, 0.717) is 6.04 Å². The van der Waals surface area contributed by atoms with Crippen LogP contribution >= 0.6 is 0 Å². The summed E-state index contributed by atoms with van der Waals surface area (Å²) in [7, 11) is 0. The Hall–Kier alpha value is -1.51. The number of piperidine rings is 1. The van der Waals surface area contributed by atoms with Crippen molar-refractivity contribution in [3.8, 4) is 0 Å². The molecule has 0 bridgehead atoms. The third-order valence-corrected chi connectivity index (χ3v) is 3.26. The molecule has 2 aliphatic heterocycles. The van der Waals surface area contributed by atoms with Gasteiger partial charge in [-0.25, -0.2) is 0 Å². The first-order chi connectivity index (χ1) is 7.93. The van der Waals surface area contributed by atoms with Gasteiger partial charge in [-0.1, -0.05) is 18.2 Å². The fraction of sp³-hybridized carbons (Fsp3) is 0.462. The number of aliphatic imine (C=N–C) groups is 1. The standard InChI is InChI=1S/C13H16N2O/c1-2-6-11(7-3-1)14-13-15-9-5-4-8-12(15)10-16-13/h1-3,6-7,12H,4-5,8-10H2. The average molecular weight is 216 g/mol. The Morgan fingerprint density at radius 2 is 2.06 bits per heavy atom. The highest BCUT2D eigenvalue weighted by molar-refractivity contribution is 5.79. The van der Waals surface area contributed by atoms with Crippen LogP contribution in [0.1, 0.15) is 19.3 Å². The molecule has 3 heteroatoms. The van der Waals surface area contributed by atoms with Gasteiger partial charge in [-0.05, 0) is 31.4 Å². The zero-order chi connectivity index (χ0) is 10.8. The van der Waals surface area contributed by atoms with Gasteiger partial charge in [0.25, 0.3) is 6.02 Å². The van der Waals surface area contributed by atoms with E-state index < -0.39 is 0 Å². The number of fused-ring (bicyclic) bond motifs is 1. The summed E-state index contributed by atoms with van der Waals surface area (Å²) in [6.07, 6.45) is 3.82. The van der Waals surface area contributed by atoms with E-state index in [1.54, 1.807) is 0 Å². The Balaban J connectivity index is 1.82. The molecule has 0 amide bonds. The lowest BCUT2D eigenvalue weighted by Gasteiger charge is -2.27. The summed E-state index contributed by atoms with van der Waals surface area (Å²) < 4.78 is 5.68. The lowest BCUT2D eigenvalue weighted by Crippen LogP contribution is -2.38. The first-order valence-electron chi connectivity index (χ1n) is 5.97. The largest absolute Gasteiger partial charge is 0.463 e. The molecule has 0 saturated carbocycles. The van der Waals surface area contributed by atoms with Gasteiger partial charge in [0.2, 0.25) is 0 Å². The first-order valence-corrected chi connectivity index (χ1v) is 5.97. The molecule has 84 valence electrons. The molecule has 3 nitrogen and oxygen atoms in total. The number of para-hydroxylation sites is 1. The highest BCUT2D eigenvalue weighted by Gasteiger charge is 2.32. The topological polar surface area (TPSA) is 24.8 Å². The maximum Gasteiger partial charge on any atom is 0.293 e. The summed E-state index contributed by atoms with van der Waals surface area (Å²) in [6, 6.07) is 11.4. The second-order valence-corrected chi connectivity index (χ2v) is 4.38. The summed E-state index contributed by atoms with van der Waals surface area (Å²) in [4.78, 5) is 6.88. The van der Waals surface area contributed by atoms with Crippen molar-refractivity contribution in [3.63, 3.8) is 0 Å². The molecule has 0 N–H and O–H groups in total. The second-order valence-electron chi connectivity index (χ2n) is 4.38. The molecule has 1 aromatic carbocycles. The molecule has 1 atom stereocenters. The summed E-state index contributed by atoms with van der Waals surface area (Å²) in [5, 5.41) is 0. The number of benzene rings is 1. The molecule has 3 rings (SSSR count). The van der Waals surface area contributed by atoms with E-state index in [4.69, 9.17) is 4.74 Å². The van der Waals surface area contributed by atoms with Crippen LogP contribution in [0, 0.1) is 0 Å². The molecule has 2 heterocycles. The highest BCUT2D eigenvalue weighted by atomic mass is 16.5. The summed E-state index contributed by atoms with van der Waals surface area (Å²) in [6.45, 7) is 1.90. The minimum atomic E-state index is 0.566. The predicted octanol–water partition coefficient (Wildman–Crippen LogP) is 2.56. The van der Waals surface area contributed by atoms with E-state index in [1.807, 2.05) is 30.3 Å². The van der Waals surface area contributed by atoms with Gasteiger partial charge in [0.15, 0.2) is 0 Å². The van der Waals surface area contributed by atoms with Crippen LogP contribution in [0.5, 0.6) is 0 Å². The molecule has 0 aliphatic carbocycles. The number of ether oxygens (including phenoxy) is 1. The Labute approximate surface area is 95.7 Å². The van der Waals surface area contributed by atoms with Gasteiger partial charge in [-0.3, -0.25) is 0 Å². The van der Waals surface area contributed by atoms with Crippen molar-refractivity contribution in [1.82, 2.24) is 4.90 Å². The number of rotatable bonds is 1. The van der Waals surface area contributed by atoms with Crippen LogP contribution in [0.2, 0.25) is 0 Å². The van der Waals surface area contributed by atoms with Gasteiger partial charge < -0.3 is 9.64 Å². The Kier molecular flexibility index (Phi) is 2.52. The van der Waals surface area contributed by atoms with Gasteiger partial charge in [-0.15, -0.1) is 0 Å². The quantitative estimate of drug-likeness (QED) is 0.720. The van der Waals surface area contributed by atoms with Gasteiger partial charge in [-0.2, -0.15) is 4.99 Å². The molecule has 0 aromatic heterocycles. The van der Waals surface area contributed by atoms with Crippen molar-refractivity contribution in [2.45, 2.75) is 25.3 Å². The van der Waals surface area contributed by atoms with Crippen LogP contribution < -0.4 is 0 Å². The van der Waals surface area contributed by atoms with E-state index >= 15 is 0 Å². The van der Waals surface area contributed by atoms with E-state index in [2.05, 4.69) is 9.89 Å². The van der Waals surface area contributed by atoms with Crippen molar-refractivity contribution >= 4 is 11.7 Å². The molecule has 0 spiro atoms. The summed E-state index contributed by atoms with van der Waals surface area (Å²) >= 11 is 0. The Morgan fingerprint density at radius 1 is 1.19 bits per heavy atom. The lowest BCUT2D eigenvalue weighted by molar-refractivity contribution is 0.256. The molecule has 2 saturated heterocycles. The Morgan fingerprint density at radius 3 is 2.94 bits per heavy atom. The minimum Gasteiger partial charge on any atom is -0.463 e. The molecule has 2 fully saturated rings. The monoisotopic (exact) mass is 216 g/mol. The van der Waals surface area contributed by atoms with E-state index in [1.165, 1.54) is 19.3 Å². The second kappa shape index (κ2) is 4.16. The van der Waals surface area contributed by atoms with Gasteiger partial charge in [0.05, 0.1) is 11.7 Å². The van der Waals surface area contributed by atoms with Crippen LogP contribution in [0.4, 0.5) is 5.69 Å². The fourth-order valence-corrected chi connectivity index (χ4v) is 2.39. The smallest absolute Gasteiger partial charge is 0.293 e. The Bertz CT molecular complexity index is 388. The maximum atomic E-state index is 5.68. The van der Waals surface area contributed by atoms with E-state index in [0.717, 1.165) is 24.9 Å². The van der Waals surface area contributed by atoms with Crippen molar-refractivity contribution < 1.29 is 4.74 Å². The van der Waals surface area contributed by atoms with Gasteiger partial charge >= 0.3 is 0 Å². The zero-order valence-corrected chi connectivity index (χ0v) is 9.30. The number of nitrogens with zero attached hydrogens (tertiary/aromatic N) is 2. The van der Waals surface area contributed by atoms with Crippen LogP contribution in [-0.4, -0.2) is 30.1 Å². The van der Waals surface area contributed by atoms with Crippen LogP contribution in [0.25, 0.3) is 0 Å². The van der Waals surface area contributed by atoms with Crippen molar-refractivity contribution in [1.29, 1.82) is 0 Å². The van der Waals surface area contributed by atoms with E-state index in [-0.39, 0.29) is 0 Å². The highest BCUT2D eigenvalue weighted by Crippen LogP contribution is 2.25. The van der Waals surface area contributed by atoms with Crippen LogP contribution in [0.3, 0.4) is 0 Å². The predicted molar refractivity (Wildman–Crippen MR) is 63.8 cm³/mol. The minimum absolute atomic E-state index is 0.566. The fourth-order valence-electron chi connectivity index (χ4n) is 2.39. The van der Waals surface area contributed by atoms with E-state index in [9.17, 15) is 0 Å². The average Bonchev–Trinajstić information content (AvgIpc) is 2.74. The number of hydrogen-bond acceptors (Lipinski definition) is 2. The molecule has 1 aromatic rings. The third-order valence-electron chi connectivity index (χ3n) is 3.26. The van der Waals surface area contributed by atoms with Gasteiger partial charge in [0, 0.05) is 6.54 Å². The SMILES string of the molecule is c1ccc(N=C2OCC3CCCCN23)cc1. The van der Waals surface area contributed by atoms with Crippen molar-refractivity contribution in [2.24, 2.45) is 4.99 Å². The first kappa shape index (κ1) is 9.70. The summed E-state index contributed by atoms with van der Waals surface area (Å²) in [5.74, 6) is 0. The van der Waals surface area contributed by atoms with Crippen LogP contribution in [0.15, 0.2) is 35.3 Å². The normalized spacial score (nSPS) is 26.6.